The fourth-order valence-corrected chi connectivity index (χ4v) is 2.50. The van der Waals surface area contributed by atoms with Gasteiger partial charge in [0, 0.05) is 6.20 Å². The second kappa shape index (κ2) is 4.30. The molecule has 0 fully saturated rings. The first-order chi connectivity index (χ1) is 7.91. The molecule has 0 bridgehead atoms. The van der Waals surface area contributed by atoms with Crippen molar-refractivity contribution in [2.24, 2.45) is 0 Å². The van der Waals surface area contributed by atoms with Crippen molar-refractivity contribution in [3.05, 3.63) is 22.1 Å². The van der Waals surface area contributed by atoms with Crippen molar-refractivity contribution in [2.45, 2.75) is 19.5 Å². The third-order valence-corrected chi connectivity index (χ3v) is 3.30. The van der Waals surface area contributed by atoms with Gasteiger partial charge in [0.2, 0.25) is 0 Å². The summed E-state index contributed by atoms with van der Waals surface area (Å²) in [5, 5.41) is 0. The van der Waals surface area contributed by atoms with E-state index >= 15 is 0 Å². The van der Waals surface area contributed by atoms with Crippen molar-refractivity contribution in [2.75, 3.05) is 0 Å². The molecule has 3 nitrogen and oxygen atoms in total. The van der Waals surface area contributed by atoms with Crippen LogP contribution >= 0.6 is 22.9 Å². The minimum absolute atomic E-state index is 0.151. The van der Waals surface area contributed by atoms with E-state index in [4.69, 9.17) is 11.6 Å². The molecule has 0 radical (unpaired) electrons. The summed E-state index contributed by atoms with van der Waals surface area (Å²) in [7, 11) is 0. The summed E-state index contributed by atoms with van der Waals surface area (Å²) in [6.45, 7) is 1.85. The second-order valence-electron chi connectivity index (χ2n) is 3.23. The summed E-state index contributed by atoms with van der Waals surface area (Å²) in [4.78, 5) is 10.6. The van der Waals surface area contributed by atoms with E-state index in [0.29, 0.717) is 21.5 Å². The molecule has 8 heteroatoms. The monoisotopic (exact) mass is 281 g/mol. The molecule has 0 aromatic carbocycles. The summed E-state index contributed by atoms with van der Waals surface area (Å²) in [6.07, 6.45) is -3.03. The molecular formula is C9H7ClF3N3S. The van der Waals surface area contributed by atoms with E-state index in [0.717, 1.165) is 17.5 Å². The third kappa shape index (κ3) is 2.44. The number of aryl methyl sites for hydroxylation is 1. The summed E-state index contributed by atoms with van der Waals surface area (Å²) < 4.78 is 37.4. The van der Waals surface area contributed by atoms with E-state index in [1.807, 2.05) is 6.92 Å². The molecule has 0 aliphatic heterocycles. The van der Waals surface area contributed by atoms with Crippen molar-refractivity contribution in [1.29, 1.82) is 0 Å². The van der Waals surface area contributed by atoms with Crippen LogP contribution in [0, 0.1) is 0 Å². The van der Waals surface area contributed by atoms with Gasteiger partial charge in [-0.05, 0) is 6.42 Å². The lowest BCUT2D eigenvalue weighted by Crippen LogP contribution is -2.04. The van der Waals surface area contributed by atoms with Crippen molar-refractivity contribution in [3.63, 3.8) is 0 Å². The number of thiazole rings is 1. The van der Waals surface area contributed by atoms with E-state index in [1.165, 1.54) is 0 Å². The van der Waals surface area contributed by atoms with E-state index in [9.17, 15) is 13.2 Å². The first-order valence-corrected chi connectivity index (χ1v) is 5.89. The van der Waals surface area contributed by atoms with Crippen molar-refractivity contribution < 1.29 is 13.2 Å². The number of aromatic nitrogens is 3. The van der Waals surface area contributed by atoms with E-state index in [-0.39, 0.29) is 5.82 Å². The number of aromatic amines is 1. The Balaban J connectivity index is 2.43. The second-order valence-corrected chi connectivity index (χ2v) is 4.81. The van der Waals surface area contributed by atoms with Crippen LogP contribution in [0.5, 0.6) is 0 Å². The van der Waals surface area contributed by atoms with Gasteiger partial charge in [0.05, 0.1) is 10.6 Å². The zero-order valence-corrected chi connectivity index (χ0v) is 10.2. The average Bonchev–Trinajstić information content (AvgIpc) is 2.81. The molecule has 0 unspecified atom stereocenters. The quantitative estimate of drug-likeness (QED) is 0.910. The van der Waals surface area contributed by atoms with Gasteiger partial charge in [0.15, 0.2) is 10.2 Å². The maximum Gasteiger partial charge on any atom is 0.434 e. The maximum atomic E-state index is 12.4. The van der Waals surface area contributed by atoms with Crippen LogP contribution in [0.4, 0.5) is 13.2 Å². The number of nitrogens with one attached hydrogen (secondary N) is 1. The van der Waals surface area contributed by atoms with Gasteiger partial charge in [-0.3, -0.25) is 0 Å². The Morgan fingerprint density at radius 1 is 1.41 bits per heavy atom. The average molecular weight is 282 g/mol. The summed E-state index contributed by atoms with van der Waals surface area (Å²) in [5.74, 6) is 0.151. The molecule has 2 rings (SSSR count). The van der Waals surface area contributed by atoms with E-state index in [2.05, 4.69) is 15.0 Å². The number of alkyl halides is 3. The van der Waals surface area contributed by atoms with Gasteiger partial charge in [0.1, 0.15) is 5.82 Å². The molecule has 0 atom stereocenters. The predicted octanol–water partition coefficient (Wildman–Crippen LogP) is 3.77. The Labute approximate surface area is 104 Å². The molecule has 0 spiro atoms. The van der Waals surface area contributed by atoms with Crippen LogP contribution in [-0.4, -0.2) is 15.0 Å². The predicted molar refractivity (Wildman–Crippen MR) is 59.1 cm³/mol. The molecule has 92 valence electrons. The molecule has 17 heavy (non-hydrogen) atoms. The van der Waals surface area contributed by atoms with E-state index in [1.54, 1.807) is 0 Å². The minimum atomic E-state index is -4.45. The molecule has 0 aliphatic carbocycles. The zero-order chi connectivity index (χ0) is 12.6. The zero-order valence-electron chi connectivity index (χ0n) is 8.60. The van der Waals surface area contributed by atoms with Gasteiger partial charge >= 0.3 is 6.18 Å². The van der Waals surface area contributed by atoms with Crippen LogP contribution in [0.3, 0.4) is 0 Å². The fourth-order valence-electron chi connectivity index (χ4n) is 1.33. The van der Waals surface area contributed by atoms with E-state index < -0.39 is 11.9 Å². The Bertz CT molecular complexity index is 532. The molecule has 1 N–H and O–H groups in total. The van der Waals surface area contributed by atoms with Crippen LogP contribution in [0.1, 0.15) is 18.3 Å². The molecular weight excluding hydrogens is 275 g/mol. The molecule has 0 amide bonds. The van der Waals surface area contributed by atoms with Crippen LogP contribution < -0.4 is 0 Å². The molecule has 0 saturated carbocycles. The van der Waals surface area contributed by atoms with Crippen LogP contribution in [-0.2, 0) is 12.6 Å². The van der Waals surface area contributed by atoms with Gasteiger partial charge in [-0.2, -0.15) is 13.2 Å². The standard InChI is InChI=1S/C9H7ClF3N3S/c1-2-4-6(17-8(10)15-4)7-14-3-5(16-7)9(11,12)13/h3H,2H2,1H3,(H,14,16). The first-order valence-electron chi connectivity index (χ1n) is 4.70. The lowest BCUT2D eigenvalue weighted by atomic mass is 10.3. The van der Waals surface area contributed by atoms with Crippen LogP contribution in [0.2, 0.25) is 4.47 Å². The number of halogens is 4. The molecule has 0 aliphatic rings. The first kappa shape index (κ1) is 12.4. The Morgan fingerprint density at radius 2 is 2.12 bits per heavy atom. The molecule has 2 aromatic rings. The van der Waals surface area contributed by atoms with Crippen LogP contribution in [0.25, 0.3) is 10.7 Å². The van der Waals surface area contributed by atoms with Gasteiger partial charge in [-0.1, -0.05) is 29.9 Å². The summed E-state index contributed by atoms with van der Waals surface area (Å²) >= 11 is 6.84. The highest BCUT2D eigenvalue weighted by Gasteiger charge is 2.34. The lowest BCUT2D eigenvalue weighted by Gasteiger charge is -1.99. The fraction of sp³-hybridized carbons (Fsp3) is 0.333. The number of imidazole rings is 1. The van der Waals surface area contributed by atoms with Gasteiger partial charge in [-0.25, -0.2) is 9.97 Å². The molecule has 0 saturated heterocycles. The van der Waals surface area contributed by atoms with Crippen molar-refractivity contribution in [3.8, 4) is 10.7 Å². The smallest absolute Gasteiger partial charge is 0.343 e. The number of H-pyrrole nitrogens is 1. The maximum absolute atomic E-state index is 12.4. The third-order valence-electron chi connectivity index (χ3n) is 2.09. The minimum Gasteiger partial charge on any atom is -0.343 e. The normalized spacial score (nSPS) is 12.1. The topological polar surface area (TPSA) is 41.6 Å². The van der Waals surface area contributed by atoms with Crippen molar-refractivity contribution in [1.82, 2.24) is 15.0 Å². The number of nitrogens with zero attached hydrogens (tertiary/aromatic N) is 2. The Hall–Kier alpha value is -1.08. The van der Waals surface area contributed by atoms with Gasteiger partial charge in [0.25, 0.3) is 0 Å². The largest absolute Gasteiger partial charge is 0.434 e. The van der Waals surface area contributed by atoms with Crippen molar-refractivity contribution >= 4 is 22.9 Å². The number of hydrogen-bond donors (Lipinski definition) is 1. The summed E-state index contributed by atoms with van der Waals surface area (Å²) in [5.41, 5.74) is -0.304. The lowest BCUT2D eigenvalue weighted by molar-refractivity contribution is -0.140. The van der Waals surface area contributed by atoms with Gasteiger partial charge < -0.3 is 4.98 Å². The molecule has 2 aromatic heterocycles. The Kier molecular flexibility index (Phi) is 3.13. The highest BCUT2D eigenvalue weighted by molar-refractivity contribution is 7.19. The Morgan fingerprint density at radius 3 is 2.65 bits per heavy atom. The van der Waals surface area contributed by atoms with Crippen LogP contribution in [0.15, 0.2) is 6.20 Å². The SMILES string of the molecule is CCc1nc(Cl)sc1-c1nc(C(F)(F)F)c[nH]1. The molecule has 2 heterocycles. The number of rotatable bonds is 2. The highest BCUT2D eigenvalue weighted by atomic mass is 35.5. The summed E-state index contributed by atoms with van der Waals surface area (Å²) in [6, 6.07) is 0. The van der Waals surface area contributed by atoms with Gasteiger partial charge in [-0.15, -0.1) is 0 Å². The highest BCUT2D eigenvalue weighted by Crippen LogP contribution is 2.34. The number of hydrogen-bond acceptors (Lipinski definition) is 3.